The van der Waals surface area contributed by atoms with Crippen LogP contribution in [-0.4, -0.2) is 15.7 Å². The summed E-state index contributed by atoms with van der Waals surface area (Å²) in [5.41, 5.74) is 2.23. The molecule has 88 valence electrons. The molecule has 0 unspecified atom stereocenters. The predicted octanol–water partition coefficient (Wildman–Crippen LogP) is 3.58. The van der Waals surface area contributed by atoms with Crippen LogP contribution in [0.1, 0.15) is 10.5 Å². The Morgan fingerprint density at radius 3 is 2.61 bits per heavy atom. The fourth-order valence-corrected chi connectivity index (χ4v) is 2.55. The number of rotatable bonds is 2. The van der Waals surface area contributed by atoms with Crippen molar-refractivity contribution in [3.63, 3.8) is 0 Å². The molecular weight excluding hydrogens is 292 g/mol. The summed E-state index contributed by atoms with van der Waals surface area (Å²) in [5, 5.41) is 0. The van der Waals surface area contributed by atoms with E-state index in [4.69, 9.17) is 0 Å². The highest BCUT2D eigenvalue weighted by Gasteiger charge is 2.13. The van der Waals surface area contributed by atoms with Crippen LogP contribution in [0, 0.1) is 0 Å². The number of aromatic nitrogens is 2. The monoisotopic (exact) mass is 300 g/mol. The zero-order valence-corrected chi connectivity index (χ0v) is 11.0. The van der Waals surface area contributed by atoms with E-state index >= 15 is 0 Å². The molecule has 0 atom stereocenters. The Balaban J connectivity index is 2.38. The number of benzene rings is 1. The van der Waals surface area contributed by atoms with Crippen molar-refractivity contribution in [2.45, 2.75) is 0 Å². The van der Waals surface area contributed by atoms with Gasteiger partial charge in [0.25, 0.3) is 0 Å². The Morgan fingerprint density at radius 1 is 1.11 bits per heavy atom. The fraction of sp³-hybridized carbons (Fsp3) is 0. The van der Waals surface area contributed by atoms with Gasteiger partial charge in [-0.1, -0.05) is 30.3 Å². The summed E-state index contributed by atoms with van der Waals surface area (Å²) >= 11 is 3.45. The van der Waals surface area contributed by atoms with Crippen LogP contribution in [0.5, 0.6) is 0 Å². The lowest BCUT2D eigenvalue weighted by molar-refractivity contribution is 0.112. The standard InChI is InChI=1S/C14H9BrN2O/c15-11-7-4-8-17-13(11)12(9-18)16-14(17)10-5-2-1-3-6-10/h1-9H. The maximum Gasteiger partial charge on any atom is 0.170 e. The molecule has 0 aliphatic heterocycles. The largest absolute Gasteiger partial charge is 0.298 e. The first-order valence-electron chi connectivity index (χ1n) is 5.48. The van der Waals surface area contributed by atoms with E-state index in [1.165, 1.54) is 0 Å². The van der Waals surface area contributed by atoms with E-state index in [0.717, 1.165) is 27.7 Å². The summed E-state index contributed by atoms with van der Waals surface area (Å²) < 4.78 is 2.78. The second-order valence-corrected chi connectivity index (χ2v) is 4.73. The molecule has 0 aliphatic carbocycles. The average molecular weight is 301 g/mol. The Bertz CT molecular complexity index is 719. The molecule has 0 saturated heterocycles. The molecule has 4 heteroatoms. The van der Waals surface area contributed by atoms with Gasteiger partial charge in [0.05, 0.1) is 5.52 Å². The van der Waals surface area contributed by atoms with Crippen molar-refractivity contribution in [1.82, 2.24) is 9.38 Å². The molecule has 0 saturated carbocycles. The first-order valence-corrected chi connectivity index (χ1v) is 6.28. The number of fused-ring (bicyclic) bond motifs is 1. The summed E-state index contributed by atoms with van der Waals surface area (Å²) in [4.78, 5) is 15.5. The van der Waals surface area contributed by atoms with Crippen LogP contribution in [-0.2, 0) is 0 Å². The molecular formula is C14H9BrN2O. The van der Waals surface area contributed by atoms with Crippen molar-refractivity contribution in [3.8, 4) is 11.4 Å². The van der Waals surface area contributed by atoms with Gasteiger partial charge in [-0.25, -0.2) is 4.98 Å². The number of aldehydes is 1. The van der Waals surface area contributed by atoms with Gasteiger partial charge in [0.15, 0.2) is 6.29 Å². The average Bonchev–Trinajstić information content (AvgIpc) is 2.80. The van der Waals surface area contributed by atoms with Gasteiger partial charge >= 0.3 is 0 Å². The van der Waals surface area contributed by atoms with Crippen molar-refractivity contribution in [3.05, 3.63) is 58.8 Å². The Labute approximate surface area is 112 Å². The van der Waals surface area contributed by atoms with Crippen LogP contribution in [0.2, 0.25) is 0 Å². The van der Waals surface area contributed by atoms with E-state index in [-0.39, 0.29) is 0 Å². The third kappa shape index (κ3) is 1.66. The smallest absolute Gasteiger partial charge is 0.170 e. The normalized spacial score (nSPS) is 10.7. The third-order valence-electron chi connectivity index (χ3n) is 2.79. The Hall–Kier alpha value is -1.94. The number of hydrogen-bond donors (Lipinski definition) is 0. The molecule has 2 aromatic heterocycles. The van der Waals surface area contributed by atoms with Gasteiger partial charge in [-0.15, -0.1) is 0 Å². The number of carbonyl (C=O) groups excluding carboxylic acids is 1. The van der Waals surface area contributed by atoms with E-state index in [1.54, 1.807) is 0 Å². The molecule has 1 aromatic carbocycles. The van der Waals surface area contributed by atoms with Crippen LogP contribution in [0.15, 0.2) is 53.1 Å². The van der Waals surface area contributed by atoms with Crippen LogP contribution in [0.3, 0.4) is 0 Å². The van der Waals surface area contributed by atoms with E-state index in [9.17, 15) is 4.79 Å². The molecule has 0 N–H and O–H groups in total. The van der Waals surface area contributed by atoms with Crippen molar-refractivity contribution in [1.29, 1.82) is 0 Å². The van der Waals surface area contributed by atoms with E-state index in [1.807, 2.05) is 53.1 Å². The molecule has 0 bridgehead atoms. The highest BCUT2D eigenvalue weighted by molar-refractivity contribution is 9.10. The maximum absolute atomic E-state index is 11.1. The molecule has 3 aromatic rings. The van der Waals surface area contributed by atoms with Crippen molar-refractivity contribution in [2.24, 2.45) is 0 Å². The van der Waals surface area contributed by atoms with Crippen LogP contribution in [0.25, 0.3) is 16.9 Å². The number of hydrogen-bond acceptors (Lipinski definition) is 2. The quantitative estimate of drug-likeness (QED) is 0.678. The predicted molar refractivity (Wildman–Crippen MR) is 73.7 cm³/mol. The summed E-state index contributed by atoms with van der Waals surface area (Å²) in [5.74, 6) is 0.772. The molecule has 18 heavy (non-hydrogen) atoms. The molecule has 0 amide bonds. The number of nitrogens with zero attached hydrogens (tertiary/aromatic N) is 2. The summed E-state index contributed by atoms with van der Waals surface area (Å²) in [6, 6.07) is 13.6. The van der Waals surface area contributed by atoms with Gasteiger partial charge in [-0.05, 0) is 28.1 Å². The molecule has 3 rings (SSSR count). The Morgan fingerprint density at radius 2 is 1.89 bits per heavy atom. The zero-order valence-electron chi connectivity index (χ0n) is 9.38. The van der Waals surface area contributed by atoms with Gasteiger partial charge in [0, 0.05) is 16.2 Å². The molecule has 2 heterocycles. The van der Waals surface area contributed by atoms with Gasteiger partial charge in [-0.2, -0.15) is 0 Å². The highest BCUT2D eigenvalue weighted by atomic mass is 79.9. The van der Waals surface area contributed by atoms with Crippen LogP contribution >= 0.6 is 15.9 Å². The zero-order chi connectivity index (χ0) is 12.5. The van der Waals surface area contributed by atoms with Gasteiger partial charge in [0.1, 0.15) is 11.5 Å². The van der Waals surface area contributed by atoms with Gasteiger partial charge in [0.2, 0.25) is 0 Å². The number of imidazole rings is 1. The fourth-order valence-electron chi connectivity index (χ4n) is 2.00. The SMILES string of the molecule is O=Cc1nc(-c2ccccc2)n2cccc(Br)c12. The molecule has 3 nitrogen and oxygen atoms in total. The van der Waals surface area contributed by atoms with Crippen molar-refractivity contribution in [2.75, 3.05) is 0 Å². The Kier molecular flexibility index (Phi) is 2.72. The first-order chi connectivity index (χ1) is 8.81. The minimum absolute atomic E-state index is 0.446. The van der Waals surface area contributed by atoms with Gasteiger partial charge < -0.3 is 0 Å². The lowest BCUT2D eigenvalue weighted by atomic mass is 10.2. The second kappa shape index (κ2) is 4.38. The molecule has 0 spiro atoms. The lowest BCUT2D eigenvalue weighted by Gasteiger charge is -2.01. The summed E-state index contributed by atoms with van der Waals surface area (Å²) in [6.07, 6.45) is 2.69. The molecule has 0 aliphatic rings. The van der Waals surface area contributed by atoms with Crippen molar-refractivity contribution >= 4 is 27.7 Å². The topological polar surface area (TPSA) is 34.4 Å². The van der Waals surface area contributed by atoms with Gasteiger partial charge in [-0.3, -0.25) is 9.20 Å². The lowest BCUT2D eigenvalue weighted by Crippen LogP contribution is -1.88. The first kappa shape index (κ1) is 11.2. The van der Waals surface area contributed by atoms with E-state index in [0.29, 0.717) is 5.69 Å². The number of pyridine rings is 1. The number of halogens is 1. The van der Waals surface area contributed by atoms with Crippen molar-refractivity contribution < 1.29 is 4.79 Å². The highest BCUT2D eigenvalue weighted by Crippen LogP contribution is 2.26. The van der Waals surface area contributed by atoms with E-state index in [2.05, 4.69) is 20.9 Å². The number of carbonyl (C=O) groups is 1. The van der Waals surface area contributed by atoms with Crippen LogP contribution in [0.4, 0.5) is 0 Å². The van der Waals surface area contributed by atoms with Crippen LogP contribution < -0.4 is 0 Å². The minimum Gasteiger partial charge on any atom is -0.298 e. The molecule has 0 fully saturated rings. The maximum atomic E-state index is 11.1. The third-order valence-corrected chi connectivity index (χ3v) is 3.43. The summed E-state index contributed by atoms with van der Waals surface area (Å²) in [7, 11) is 0. The summed E-state index contributed by atoms with van der Waals surface area (Å²) in [6.45, 7) is 0. The molecule has 0 radical (unpaired) electrons. The van der Waals surface area contributed by atoms with E-state index < -0.39 is 0 Å². The second-order valence-electron chi connectivity index (χ2n) is 3.88. The minimum atomic E-state index is 0.446.